The number of phenolic OH excluding ortho intramolecular Hbond substituents is 1. The number of aromatic nitrogens is 2. The van der Waals surface area contributed by atoms with Gasteiger partial charge in [-0.05, 0) is 76.3 Å². The number of likely N-dealkylation sites (N-methyl/N-ethyl adjacent to an activating group) is 1. The molecule has 0 radical (unpaired) electrons. The number of fused-ring (bicyclic) bond motifs is 3. The number of terminal acetylenes is 1. The van der Waals surface area contributed by atoms with Crippen molar-refractivity contribution in [2.75, 3.05) is 52.8 Å². The van der Waals surface area contributed by atoms with Crippen LogP contribution in [-0.4, -0.2) is 89.6 Å². The van der Waals surface area contributed by atoms with Crippen LogP contribution in [0.2, 0.25) is 0 Å². The molecule has 3 aromatic carbocycles. The zero-order valence-electron chi connectivity index (χ0n) is 27.1. The Kier molecular flexibility index (Phi) is 8.03. The van der Waals surface area contributed by atoms with E-state index < -0.39 is 34.7 Å². The molecule has 48 heavy (non-hydrogen) atoms. The quantitative estimate of drug-likeness (QED) is 0.157. The third kappa shape index (κ3) is 5.06. The molecule has 3 fully saturated rings. The van der Waals surface area contributed by atoms with Crippen molar-refractivity contribution in [3.8, 4) is 41.0 Å². The first kappa shape index (κ1) is 32.2. The Bertz CT molecular complexity index is 1980. The van der Waals surface area contributed by atoms with Gasteiger partial charge in [-0.15, -0.1) is 6.42 Å². The third-order valence-electron chi connectivity index (χ3n) is 10.7. The van der Waals surface area contributed by atoms with Crippen LogP contribution in [-0.2, 0) is 0 Å². The highest BCUT2D eigenvalue weighted by molar-refractivity contribution is 6.06. The van der Waals surface area contributed by atoms with Gasteiger partial charge in [0.2, 0.25) is 0 Å². The number of halogens is 4. The van der Waals surface area contributed by atoms with E-state index in [9.17, 15) is 13.9 Å². The Morgan fingerprint density at radius 3 is 2.58 bits per heavy atom. The number of methoxy groups -OCH3 is 1. The Morgan fingerprint density at radius 1 is 1.10 bits per heavy atom. The highest BCUT2D eigenvalue weighted by atomic mass is 19.1. The monoisotopic (exact) mass is 663 g/mol. The number of alkyl halides is 1. The molecule has 7 rings (SSSR count). The topological polar surface area (TPSA) is 83.0 Å². The smallest absolute Gasteiger partial charge is 0.319 e. The predicted molar refractivity (Wildman–Crippen MR) is 176 cm³/mol. The van der Waals surface area contributed by atoms with Crippen molar-refractivity contribution < 1.29 is 32.1 Å². The molecule has 2 N–H and O–H groups in total. The maximum atomic E-state index is 17.0. The fourth-order valence-corrected chi connectivity index (χ4v) is 7.90. The van der Waals surface area contributed by atoms with E-state index >= 15 is 8.78 Å². The van der Waals surface area contributed by atoms with Crippen LogP contribution in [0.15, 0.2) is 24.3 Å². The van der Waals surface area contributed by atoms with Crippen molar-refractivity contribution in [1.29, 1.82) is 0 Å². The second-order valence-corrected chi connectivity index (χ2v) is 13.5. The number of nitrogens with zero attached hydrogens (tertiary/aromatic N) is 4. The standard InChI is InChI=1S/C36H37F4N5O3/c1-5-23-25(38)9-8-20-14-22(46)15-24(26(20)23)27-29(39)31-28(32(47-4)30(27)40)33(41-18-35(44(2)3)10-6-11-35)43-34(42-31)48-19-36-12-7-13-45(36)17-21(37)16-36/h1,8-9,14-15,21,46H,6-7,10-13,16-19H2,2-4H3,(H,41,42,43)/t21-,36+/m1/s1. The summed E-state index contributed by atoms with van der Waals surface area (Å²) in [5.74, 6) is -1.24. The summed E-state index contributed by atoms with van der Waals surface area (Å²) < 4.78 is 74.9. The van der Waals surface area contributed by atoms with Crippen LogP contribution in [0, 0.1) is 29.8 Å². The Morgan fingerprint density at radius 2 is 1.90 bits per heavy atom. The second kappa shape index (κ2) is 12.0. The summed E-state index contributed by atoms with van der Waals surface area (Å²) in [6.45, 7) is 1.60. The Labute approximate surface area is 276 Å². The van der Waals surface area contributed by atoms with Gasteiger partial charge in [0.05, 0.1) is 29.2 Å². The van der Waals surface area contributed by atoms with Crippen molar-refractivity contribution in [1.82, 2.24) is 19.8 Å². The van der Waals surface area contributed by atoms with Crippen LogP contribution in [0.1, 0.15) is 44.1 Å². The van der Waals surface area contributed by atoms with Gasteiger partial charge in [-0.25, -0.2) is 17.6 Å². The molecule has 0 unspecified atom stereocenters. The van der Waals surface area contributed by atoms with Gasteiger partial charge in [0, 0.05) is 36.0 Å². The van der Waals surface area contributed by atoms with E-state index in [2.05, 4.69) is 31.0 Å². The molecule has 8 nitrogen and oxygen atoms in total. The summed E-state index contributed by atoms with van der Waals surface area (Å²) in [6.07, 6.45) is 9.53. The van der Waals surface area contributed by atoms with E-state index in [1.165, 1.54) is 19.2 Å². The summed E-state index contributed by atoms with van der Waals surface area (Å²) in [5.41, 5.74) is -2.03. The molecule has 3 aliphatic rings. The Balaban J connectivity index is 1.43. The van der Waals surface area contributed by atoms with Gasteiger partial charge < -0.3 is 24.8 Å². The predicted octanol–water partition coefficient (Wildman–Crippen LogP) is 6.41. The zero-order chi connectivity index (χ0) is 34.0. The summed E-state index contributed by atoms with van der Waals surface area (Å²) in [5, 5.41) is 14.2. The first-order valence-corrected chi connectivity index (χ1v) is 16.1. The third-order valence-corrected chi connectivity index (χ3v) is 10.7. The molecule has 1 aromatic heterocycles. The van der Waals surface area contributed by atoms with Gasteiger partial charge >= 0.3 is 6.01 Å². The SMILES string of the molecule is C#Cc1c(F)ccc2cc(O)cc(-c3c(F)c(OC)c4c(NCC5(N(C)C)CCC5)nc(OC[C@@]56CCCN5C[C@H](F)C6)nc4c3F)c12. The molecule has 252 valence electrons. The van der Waals surface area contributed by atoms with Crippen molar-refractivity contribution in [3.05, 3.63) is 47.3 Å². The highest BCUT2D eigenvalue weighted by Gasteiger charge is 2.49. The van der Waals surface area contributed by atoms with E-state index in [0.717, 1.165) is 50.8 Å². The number of benzene rings is 3. The molecule has 1 aliphatic carbocycles. The first-order valence-electron chi connectivity index (χ1n) is 16.1. The molecule has 4 aromatic rings. The number of hydrogen-bond acceptors (Lipinski definition) is 8. The number of anilines is 1. The molecule has 2 aliphatic heterocycles. The van der Waals surface area contributed by atoms with Gasteiger partial charge in [-0.2, -0.15) is 9.97 Å². The largest absolute Gasteiger partial charge is 0.508 e. The van der Waals surface area contributed by atoms with Crippen LogP contribution in [0.25, 0.3) is 32.8 Å². The van der Waals surface area contributed by atoms with Gasteiger partial charge in [0.25, 0.3) is 0 Å². The lowest BCUT2D eigenvalue weighted by molar-refractivity contribution is 0.0738. The lowest BCUT2D eigenvalue weighted by atomic mass is 9.75. The zero-order valence-corrected chi connectivity index (χ0v) is 27.1. The molecule has 1 saturated carbocycles. The summed E-state index contributed by atoms with van der Waals surface area (Å²) >= 11 is 0. The number of aromatic hydroxyl groups is 1. The summed E-state index contributed by atoms with van der Waals surface area (Å²) in [6, 6.07) is 4.80. The van der Waals surface area contributed by atoms with Crippen molar-refractivity contribution in [2.24, 2.45) is 0 Å². The van der Waals surface area contributed by atoms with E-state index in [4.69, 9.17) is 15.9 Å². The van der Waals surface area contributed by atoms with Crippen molar-refractivity contribution in [3.63, 3.8) is 0 Å². The number of phenols is 1. The van der Waals surface area contributed by atoms with Gasteiger partial charge in [-0.3, -0.25) is 4.90 Å². The molecular formula is C36H37F4N5O3. The minimum absolute atomic E-state index is 0.0405. The van der Waals surface area contributed by atoms with Gasteiger partial charge in [0.1, 0.15) is 35.7 Å². The molecule has 0 bridgehead atoms. The van der Waals surface area contributed by atoms with Crippen molar-refractivity contribution >= 4 is 27.5 Å². The Hall–Kier alpha value is -4.34. The van der Waals surface area contributed by atoms with E-state index in [1.54, 1.807) is 0 Å². The van der Waals surface area contributed by atoms with E-state index in [0.29, 0.717) is 19.5 Å². The average molecular weight is 664 g/mol. The minimum atomic E-state index is -1.10. The van der Waals surface area contributed by atoms with E-state index in [-0.39, 0.29) is 68.3 Å². The van der Waals surface area contributed by atoms with Gasteiger partial charge in [0.15, 0.2) is 17.4 Å². The maximum Gasteiger partial charge on any atom is 0.319 e. The van der Waals surface area contributed by atoms with Gasteiger partial charge in [-0.1, -0.05) is 12.0 Å². The van der Waals surface area contributed by atoms with Crippen LogP contribution < -0.4 is 14.8 Å². The lowest BCUT2D eigenvalue weighted by Gasteiger charge is -2.47. The first-order chi connectivity index (χ1) is 23.0. The molecule has 0 amide bonds. The van der Waals surface area contributed by atoms with E-state index in [1.807, 2.05) is 14.1 Å². The molecule has 2 saturated heterocycles. The second-order valence-electron chi connectivity index (χ2n) is 13.5. The summed E-state index contributed by atoms with van der Waals surface area (Å²) in [7, 11) is 5.22. The molecular weight excluding hydrogens is 626 g/mol. The van der Waals surface area contributed by atoms with Crippen LogP contribution in [0.5, 0.6) is 17.5 Å². The average Bonchev–Trinajstić information content (AvgIpc) is 3.55. The molecule has 0 spiro atoms. The molecule has 12 heteroatoms. The number of nitrogens with one attached hydrogen (secondary N) is 1. The maximum absolute atomic E-state index is 17.0. The van der Waals surface area contributed by atoms with Crippen molar-refractivity contribution in [2.45, 2.75) is 55.8 Å². The summed E-state index contributed by atoms with van der Waals surface area (Å²) in [4.78, 5) is 13.3. The van der Waals surface area contributed by atoms with Crippen LogP contribution in [0.4, 0.5) is 23.4 Å². The molecule has 3 heterocycles. The minimum Gasteiger partial charge on any atom is -0.508 e. The highest BCUT2D eigenvalue weighted by Crippen LogP contribution is 2.46. The fourth-order valence-electron chi connectivity index (χ4n) is 7.90. The normalized spacial score (nSPS) is 21.8. The number of hydrogen-bond donors (Lipinski definition) is 2. The number of rotatable bonds is 9. The lowest BCUT2D eigenvalue weighted by Crippen LogP contribution is -2.54. The number of ether oxygens (including phenoxy) is 2. The molecule has 2 atom stereocenters. The van der Waals surface area contributed by atoms with Crippen LogP contribution in [0.3, 0.4) is 0 Å². The van der Waals surface area contributed by atoms with Crippen LogP contribution >= 0.6 is 0 Å². The fraction of sp³-hybridized carbons (Fsp3) is 0.444.